The summed E-state index contributed by atoms with van der Waals surface area (Å²) >= 11 is 0. The summed E-state index contributed by atoms with van der Waals surface area (Å²) in [5.41, 5.74) is 5.55. The molecule has 0 aromatic rings. The zero-order chi connectivity index (χ0) is 12.2. The number of nitrogens with zero attached hydrogens (tertiary/aromatic N) is 1. The Morgan fingerprint density at radius 3 is 2.00 bits per heavy atom. The first-order valence-electron chi connectivity index (χ1n) is 5.53. The third-order valence-corrected chi connectivity index (χ3v) is 2.64. The van der Waals surface area contributed by atoms with Gasteiger partial charge in [-0.3, -0.25) is 4.90 Å². The van der Waals surface area contributed by atoms with Crippen LogP contribution in [0.5, 0.6) is 0 Å². The third kappa shape index (κ3) is 3.70. The van der Waals surface area contributed by atoms with Gasteiger partial charge >= 0.3 is 6.09 Å². The summed E-state index contributed by atoms with van der Waals surface area (Å²) in [5.74, 6) is 0. The van der Waals surface area contributed by atoms with Gasteiger partial charge in [0.2, 0.25) is 0 Å². The number of rotatable bonds is 4. The summed E-state index contributed by atoms with van der Waals surface area (Å²) in [4.78, 5) is 12.7. The SMILES string of the molecule is CC[C@@H](N)[C@H](CC)N(C(=O)O)C(C)(C)C. The van der Waals surface area contributed by atoms with Gasteiger partial charge in [0.05, 0.1) is 6.04 Å². The van der Waals surface area contributed by atoms with Crippen molar-refractivity contribution in [2.24, 2.45) is 5.73 Å². The van der Waals surface area contributed by atoms with Crippen molar-refractivity contribution in [2.45, 2.75) is 65.1 Å². The Balaban J connectivity index is 4.96. The zero-order valence-electron chi connectivity index (χ0n) is 10.4. The molecule has 0 bridgehead atoms. The summed E-state index contributed by atoms with van der Waals surface area (Å²) in [6.45, 7) is 9.64. The lowest BCUT2D eigenvalue weighted by molar-refractivity contribution is 0.0590. The molecular weight excluding hydrogens is 192 g/mol. The molecule has 0 saturated carbocycles. The summed E-state index contributed by atoms with van der Waals surface area (Å²) in [6.07, 6.45) is 0.648. The van der Waals surface area contributed by atoms with Crippen LogP contribution in [0.15, 0.2) is 0 Å². The minimum absolute atomic E-state index is 0.0923. The number of nitrogens with two attached hydrogens (primary N) is 1. The number of carboxylic acid groups (broad SMARTS) is 1. The summed E-state index contributed by atoms with van der Waals surface area (Å²) in [7, 11) is 0. The molecule has 0 saturated heterocycles. The van der Waals surface area contributed by atoms with E-state index < -0.39 is 11.6 Å². The topological polar surface area (TPSA) is 66.6 Å². The predicted octanol–water partition coefficient (Wildman–Crippen LogP) is 2.28. The molecule has 0 aromatic carbocycles. The maximum Gasteiger partial charge on any atom is 0.408 e. The molecule has 15 heavy (non-hydrogen) atoms. The van der Waals surface area contributed by atoms with Crippen LogP contribution in [-0.4, -0.2) is 33.7 Å². The van der Waals surface area contributed by atoms with Gasteiger partial charge in [-0.05, 0) is 33.6 Å². The maximum absolute atomic E-state index is 11.2. The fourth-order valence-corrected chi connectivity index (χ4v) is 1.88. The van der Waals surface area contributed by atoms with Crippen LogP contribution in [0.1, 0.15) is 47.5 Å². The second-order valence-corrected chi connectivity index (χ2v) is 4.87. The van der Waals surface area contributed by atoms with Gasteiger partial charge in [0, 0.05) is 11.6 Å². The van der Waals surface area contributed by atoms with Gasteiger partial charge in [0.25, 0.3) is 0 Å². The van der Waals surface area contributed by atoms with Gasteiger partial charge in [-0.1, -0.05) is 13.8 Å². The van der Waals surface area contributed by atoms with Crippen molar-refractivity contribution in [1.29, 1.82) is 0 Å². The number of amides is 1. The van der Waals surface area contributed by atoms with Gasteiger partial charge in [0.1, 0.15) is 0 Å². The van der Waals surface area contributed by atoms with Gasteiger partial charge < -0.3 is 10.8 Å². The Bertz CT molecular complexity index is 211. The van der Waals surface area contributed by atoms with E-state index in [0.29, 0.717) is 0 Å². The van der Waals surface area contributed by atoms with Crippen molar-refractivity contribution in [2.75, 3.05) is 0 Å². The average Bonchev–Trinajstić information content (AvgIpc) is 2.09. The normalized spacial score (nSPS) is 15.9. The van der Waals surface area contributed by atoms with E-state index in [9.17, 15) is 9.90 Å². The first kappa shape index (κ1) is 14.2. The van der Waals surface area contributed by atoms with Gasteiger partial charge in [-0.2, -0.15) is 0 Å². The molecular formula is C11H24N2O2. The minimum Gasteiger partial charge on any atom is -0.465 e. The highest BCUT2D eigenvalue weighted by Gasteiger charge is 2.34. The van der Waals surface area contributed by atoms with E-state index in [2.05, 4.69) is 0 Å². The monoisotopic (exact) mass is 216 g/mol. The summed E-state index contributed by atoms with van der Waals surface area (Å²) in [5, 5.41) is 9.23. The molecule has 4 heteroatoms. The Kier molecular flexibility index (Phi) is 5.08. The van der Waals surface area contributed by atoms with Crippen LogP contribution >= 0.6 is 0 Å². The van der Waals surface area contributed by atoms with E-state index in [-0.39, 0.29) is 12.1 Å². The summed E-state index contributed by atoms with van der Waals surface area (Å²) in [6, 6.07) is -0.196. The molecule has 3 N–H and O–H groups in total. The van der Waals surface area contributed by atoms with Crippen LogP contribution in [0.2, 0.25) is 0 Å². The molecule has 4 nitrogen and oxygen atoms in total. The van der Waals surface area contributed by atoms with Crippen molar-refractivity contribution < 1.29 is 9.90 Å². The van der Waals surface area contributed by atoms with Crippen molar-refractivity contribution >= 4 is 6.09 Å². The molecule has 0 unspecified atom stereocenters. The Hall–Kier alpha value is -0.770. The summed E-state index contributed by atoms with van der Waals surface area (Å²) < 4.78 is 0. The van der Waals surface area contributed by atoms with E-state index in [4.69, 9.17) is 5.73 Å². The molecule has 0 radical (unpaired) electrons. The van der Waals surface area contributed by atoms with Crippen LogP contribution < -0.4 is 5.73 Å². The molecule has 0 spiro atoms. The zero-order valence-corrected chi connectivity index (χ0v) is 10.4. The second-order valence-electron chi connectivity index (χ2n) is 4.87. The van der Waals surface area contributed by atoms with Crippen LogP contribution in [0.3, 0.4) is 0 Å². The van der Waals surface area contributed by atoms with Crippen molar-refractivity contribution in [3.05, 3.63) is 0 Å². The van der Waals surface area contributed by atoms with E-state index >= 15 is 0 Å². The van der Waals surface area contributed by atoms with Crippen LogP contribution in [0, 0.1) is 0 Å². The van der Waals surface area contributed by atoms with E-state index in [1.54, 1.807) is 0 Å². The fraction of sp³-hybridized carbons (Fsp3) is 0.909. The number of hydrogen-bond donors (Lipinski definition) is 2. The molecule has 0 heterocycles. The number of carbonyl (C=O) groups is 1. The Labute approximate surface area is 92.4 Å². The lowest BCUT2D eigenvalue weighted by Crippen LogP contribution is -2.57. The average molecular weight is 216 g/mol. The molecule has 1 amide bonds. The van der Waals surface area contributed by atoms with Crippen molar-refractivity contribution in [3.63, 3.8) is 0 Å². The molecule has 0 aliphatic heterocycles. The molecule has 90 valence electrons. The standard InChI is InChI=1S/C11H24N2O2/c1-6-8(12)9(7-2)13(10(14)15)11(3,4)5/h8-9H,6-7,12H2,1-5H3,(H,14,15)/t8-,9+/m1/s1. The van der Waals surface area contributed by atoms with E-state index in [1.165, 1.54) is 4.90 Å². The molecule has 0 aromatic heterocycles. The predicted molar refractivity (Wildman–Crippen MR) is 62.0 cm³/mol. The largest absolute Gasteiger partial charge is 0.465 e. The third-order valence-electron chi connectivity index (χ3n) is 2.64. The van der Waals surface area contributed by atoms with Crippen LogP contribution in [-0.2, 0) is 0 Å². The van der Waals surface area contributed by atoms with Gasteiger partial charge in [-0.15, -0.1) is 0 Å². The first-order chi connectivity index (χ1) is 6.75. The Morgan fingerprint density at radius 2 is 1.80 bits per heavy atom. The second kappa shape index (κ2) is 5.35. The van der Waals surface area contributed by atoms with Crippen LogP contribution in [0.25, 0.3) is 0 Å². The first-order valence-corrected chi connectivity index (χ1v) is 5.53. The molecule has 0 aliphatic rings. The minimum atomic E-state index is -0.891. The molecule has 2 atom stereocenters. The number of hydrogen-bond acceptors (Lipinski definition) is 2. The lowest BCUT2D eigenvalue weighted by atomic mass is 9.96. The molecule has 0 aliphatic carbocycles. The van der Waals surface area contributed by atoms with Crippen molar-refractivity contribution in [1.82, 2.24) is 4.90 Å². The van der Waals surface area contributed by atoms with Gasteiger partial charge in [-0.25, -0.2) is 4.79 Å². The fourth-order valence-electron chi connectivity index (χ4n) is 1.88. The van der Waals surface area contributed by atoms with Crippen LogP contribution in [0.4, 0.5) is 4.79 Å². The maximum atomic E-state index is 11.2. The van der Waals surface area contributed by atoms with Crippen molar-refractivity contribution in [3.8, 4) is 0 Å². The lowest BCUT2D eigenvalue weighted by Gasteiger charge is -2.41. The van der Waals surface area contributed by atoms with E-state index in [1.807, 2.05) is 34.6 Å². The molecule has 0 rings (SSSR count). The van der Waals surface area contributed by atoms with E-state index in [0.717, 1.165) is 12.8 Å². The highest BCUT2D eigenvalue weighted by atomic mass is 16.4. The molecule has 0 fully saturated rings. The smallest absolute Gasteiger partial charge is 0.408 e. The van der Waals surface area contributed by atoms with Gasteiger partial charge in [0.15, 0.2) is 0 Å². The highest BCUT2D eigenvalue weighted by Crippen LogP contribution is 2.21. The highest BCUT2D eigenvalue weighted by molar-refractivity contribution is 5.66. The Morgan fingerprint density at radius 1 is 1.33 bits per heavy atom. The quantitative estimate of drug-likeness (QED) is 0.757.